The smallest absolute Gasteiger partial charge is 0.326 e. The van der Waals surface area contributed by atoms with Gasteiger partial charge in [0.25, 0.3) is 0 Å². The number of alkyl halides is 3. The fraction of sp³-hybridized carbons (Fsp3) is 1.00. The van der Waals surface area contributed by atoms with Gasteiger partial charge in [-0.1, -0.05) is 13.8 Å². The van der Waals surface area contributed by atoms with E-state index in [4.69, 9.17) is 5.73 Å². The van der Waals surface area contributed by atoms with E-state index >= 15 is 0 Å². The minimum absolute atomic E-state index is 0.127. The van der Waals surface area contributed by atoms with Gasteiger partial charge in [0.1, 0.15) is 0 Å². The first-order chi connectivity index (χ1) is 8.69. The Morgan fingerprint density at radius 1 is 1.16 bits per heavy atom. The number of halogens is 3. The third-order valence-corrected chi connectivity index (χ3v) is 4.68. The highest BCUT2D eigenvalue weighted by atomic mass is 19.4. The summed E-state index contributed by atoms with van der Waals surface area (Å²) in [6.07, 6.45) is -1.93. The second-order valence-corrected chi connectivity index (χ2v) is 6.55. The largest absolute Gasteiger partial charge is 0.401 e. The predicted octanol–water partition coefficient (Wildman–Crippen LogP) is 1.68. The molecule has 1 heterocycles. The maximum Gasteiger partial charge on any atom is 0.401 e. The first kappa shape index (κ1) is 15.1. The number of piperazine rings is 1. The molecular formula is C13H24F3N3. The normalized spacial score (nSPS) is 33.8. The predicted molar refractivity (Wildman–Crippen MR) is 68.8 cm³/mol. The zero-order valence-corrected chi connectivity index (χ0v) is 11.7. The van der Waals surface area contributed by atoms with Crippen LogP contribution in [0.5, 0.6) is 0 Å². The van der Waals surface area contributed by atoms with Crippen LogP contribution in [0, 0.1) is 5.41 Å². The van der Waals surface area contributed by atoms with Crippen molar-refractivity contribution in [3.05, 3.63) is 0 Å². The molecule has 1 aliphatic carbocycles. The van der Waals surface area contributed by atoms with Crippen molar-refractivity contribution < 1.29 is 13.2 Å². The molecule has 3 nitrogen and oxygen atoms in total. The van der Waals surface area contributed by atoms with E-state index in [0.29, 0.717) is 32.2 Å². The first-order valence-electron chi connectivity index (χ1n) is 6.98. The van der Waals surface area contributed by atoms with E-state index in [0.717, 1.165) is 12.8 Å². The van der Waals surface area contributed by atoms with Gasteiger partial charge >= 0.3 is 6.18 Å². The molecule has 6 heteroatoms. The first-order valence-corrected chi connectivity index (χ1v) is 6.98. The number of hydrogen-bond acceptors (Lipinski definition) is 3. The summed E-state index contributed by atoms with van der Waals surface area (Å²) in [5.74, 6) is 0. The van der Waals surface area contributed by atoms with Crippen LogP contribution in [-0.4, -0.2) is 60.8 Å². The highest BCUT2D eigenvalue weighted by Gasteiger charge is 2.43. The lowest BCUT2D eigenvalue weighted by Crippen LogP contribution is -2.56. The summed E-state index contributed by atoms with van der Waals surface area (Å²) in [6, 6.07) is 0.463. The molecule has 2 aliphatic rings. The van der Waals surface area contributed by atoms with E-state index < -0.39 is 12.7 Å². The summed E-state index contributed by atoms with van der Waals surface area (Å²) in [7, 11) is 0. The maximum atomic E-state index is 12.3. The van der Waals surface area contributed by atoms with Crippen molar-refractivity contribution in [2.45, 2.75) is 44.9 Å². The standard InChI is InChI=1S/C13H24F3N3/c1-12(2)4-3-10(11(12)17)19-7-5-18(6-8-19)9-13(14,15)16/h10-11H,3-9,17H2,1-2H3. The molecule has 0 aromatic carbocycles. The molecule has 0 spiro atoms. The Balaban J connectivity index is 1.84. The molecular weight excluding hydrogens is 255 g/mol. The van der Waals surface area contributed by atoms with E-state index in [9.17, 15) is 13.2 Å². The summed E-state index contributed by atoms with van der Waals surface area (Å²) in [5.41, 5.74) is 6.44. The Labute approximate surface area is 112 Å². The van der Waals surface area contributed by atoms with Gasteiger partial charge in [-0.3, -0.25) is 9.80 Å². The van der Waals surface area contributed by atoms with Gasteiger partial charge in [-0.05, 0) is 18.3 Å². The molecule has 1 aliphatic heterocycles. The second kappa shape index (κ2) is 5.22. The molecule has 112 valence electrons. The Morgan fingerprint density at radius 2 is 1.74 bits per heavy atom. The Morgan fingerprint density at radius 3 is 2.16 bits per heavy atom. The van der Waals surface area contributed by atoms with E-state index in [-0.39, 0.29) is 11.5 Å². The van der Waals surface area contributed by atoms with Crippen LogP contribution in [0.25, 0.3) is 0 Å². The average Bonchev–Trinajstić information content (AvgIpc) is 2.54. The zero-order chi connectivity index (χ0) is 14.3. The van der Waals surface area contributed by atoms with Crippen molar-refractivity contribution in [2.24, 2.45) is 11.1 Å². The molecule has 0 radical (unpaired) electrons. The van der Waals surface area contributed by atoms with Gasteiger partial charge in [-0.2, -0.15) is 13.2 Å². The van der Waals surface area contributed by atoms with E-state index in [1.54, 1.807) is 0 Å². The van der Waals surface area contributed by atoms with Crippen LogP contribution in [-0.2, 0) is 0 Å². The van der Waals surface area contributed by atoms with Crippen LogP contribution in [0.15, 0.2) is 0 Å². The molecule has 2 N–H and O–H groups in total. The van der Waals surface area contributed by atoms with Crippen LogP contribution < -0.4 is 5.73 Å². The molecule has 1 saturated heterocycles. The Bertz CT molecular complexity index is 309. The monoisotopic (exact) mass is 279 g/mol. The maximum absolute atomic E-state index is 12.3. The number of rotatable bonds is 2. The molecule has 19 heavy (non-hydrogen) atoms. The van der Waals surface area contributed by atoms with Crippen LogP contribution in [0.4, 0.5) is 13.2 Å². The fourth-order valence-electron chi connectivity index (χ4n) is 3.30. The molecule has 2 fully saturated rings. The minimum atomic E-state index is -4.09. The summed E-state index contributed by atoms with van der Waals surface area (Å²) in [6.45, 7) is 5.94. The summed E-state index contributed by atoms with van der Waals surface area (Å²) in [5, 5.41) is 0. The second-order valence-electron chi connectivity index (χ2n) is 6.55. The quantitative estimate of drug-likeness (QED) is 0.835. The minimum Gasteiger partial charge on any atom is -0.326 e. The summed E-state index contributed by atoms with van der Waals surface area (Å²) >= 11 is 0. The molecule has 2 unspecified atom stereocenters. The lowest BCUT2D eigenvalue weighted by molar-refractivity contribution is -0.149. The topological polar surface area (TPSA) is 32.5 Å². The molecule has 0 aromatic heterocycles. The highest BCUT2D eigenvalue weighted by molar-refractivity contribution is 5.00. The molecule has 2 atom stereocenters. The van der Waals surface area contributed by atoms with Gasteiger partial charge < -0.3 is 5.73 Å². The van der Waals surface area contributed by atoms with Crippen molar-refractivity contribution in [1.82, 2.24) is 9.80 Å². The summed E-state index contributed by atoms with van der Waals surface area (Å²) < 4.78 is 37.0. The van der Waals surface area contributed by atoms with E-state index in [1.807, 2.05) is 0 Å². The SMILES string of the molecule is CC1(C)CCC(N2CCN(CC(F)(F)F)CC2)C1N. The van der Waals surface area contributed by atoms with Crippen LogP contribution in [0.2, 0.25) is 0 Å². The third kappa shape index (κ3) is 3.61. The van der Waals surface area contributed by atoms with E-state index in [2.05, 4.69) is 18.7 Å². The lowest BCUT2D eigenvalue weighted by Gasteiger charge is -2.40. The van der Waals surface area contributed by atoms with Crippen LogP contribution in [0.1, 0.15) is 26.7 Å². The molecule has 0 bridgehead atoms. The number of nitrogens with two attached hydrogens (primary N) is 1. The van der Waals surface area contributed by atoms with Crippen molar-refractivity contribution in [3.63, 3.8) is 0 Å². The fourth-order valence-corrected chi connectivity index (χ4v) is 3.30. The zero-order valence-electron chi connectivity index (χ0n) is 11.7. The lowest BCUT2D eigenvalue weighted by atomic mass is 9.87. The van der Waals surface area contributed by atoms with Crippen molar-refractivity contribution >= 4 is 0 Å². The third-order valence-electron chi connectivity index (χ3n) is 4.68. The highest BCUT2D eigenvalue weighted by Crippen LogP contribution is 2.38. The van der Waals surface area contributed by atoms with Gasteiger partial charge in [0, 0.05) is 38.3 Å². The Kier molecular flexibility index (Phi) is 4.14. The molecule has 0 amide bonds. The van der Waals surface area contributed by atoms with Crippen LogP contribution in [0.3, 0.4) is 0 Å². The van der Waals surface area contributed by atoms with Crippen LogP contribution >= 0.6 is 0 Å². The van der Waals surface area contributed by atoms with E-state index in [1.165, 1.54) is 4.90 Å². The van der Waals surface area contributed by atoms with Gasteiger partial charge in [-0.15, -0.1) is 0 Å². The number of nitrogens with zero attached hydrogens (tertiary/aromatic N) is 2. The Hall–Kier alpha value is -0.330. The van der Waals surface area contributed by atoms with Crippen molar-refractivity contribution in [1.29, 1.82) is 0 Å². The van der Waals surface area contributed by atoms with Crippen molar-refractivity contribution in [3.8, 4) is 0 Å². The number of hydrogen-bond donors (Lipinski definition) is 1. The average molecular weight is 279 g/mol. The molecule has 0 aromatic rings. The van der Waals surface area contributed by atoms with Gasteiger partial charge in [0.2, 0.25) is 0 Å². The van der Waals surface area contributed by atoms with Crippen molar-refractivity contribution in [2.75, 3.05) is 32.7 Å². The van der Waals surface area contributed by atoms with Gasteiger partial charge in [-0.25, -0.2) is 0 Å². The molecule has 2 rings (SSSR count). The summed E-state index contributed by atoms with van der Waals surface area (Å²) in [4.78, 5) is 3.77. The van der Waals surface area contributed by atoms with Gasteiger partial charge in [0.05, 0.1) is 6.54 Å². The molecule has 1 saturated carbocycles. The van der Waals surface area contributed by atoms with Gasteiger partial charge in [0.15, 0.2) is 0 Å².